The molecule has 8 heterocycles. The van der Waals surface area contributed by atoms with Gasteiger partial charge in [-0.2, -0.15) is 0 Å². The molecule has 0 unspecified atom stereocenters. The molecule has 412 valence electrons. The van der Waals surface area contributed by atoms with Crippen LogP contribution in [0.2, 0.25) is 0 Å². The maximum atomic E-state index is 2.84. The average molecular weight is 1120 g/mol. The van der Waals surface area contributed by atoms with E-state index in [1.54, 1.807) is 0 Å². The van der Waals surface area contributed by atoms with Crippen molar-refractivity contribution in [3.8, 4) is 78.1 Å². The van der Waals surface area contributed by atoms with Crippen molar-refractivity contribution in [2.45, 2.75) is 55.4 Å². The minimum Gasteiger partial charge on any atom is -0.374 e. The minimum absolute atomic E-state index is 0.134. The maximum Gasteiger partial charge on any atom is 0.333 e. The third-order valence-corrected chi connectivity index (χ3v) is 21.3. The zero-order chi connectivity index (χ0) is 58.6. The van der Waals surface area contributed by atoms with Gasteiger partial charge in [-0.3, -0.25) is 0 Å². The summed E-state index contributed by atoms with van der Waals surface area (Å²) in [7, 11) is 0. The highest BCUT2D eigenvalue weighted by Gasteiger charge is 2.47. The number of fused-ring (bicyclic) bond motifs is 21. The Morgan fingerprint density at radius 1 is 0.250 bits per heavy atom. The molecule has 0 aliphatic carbocycles. The van der Waals surface area contributed by atoms with Gasteiger partial charge in [0.05, 0.1) is 33.1 Å². The lowest BCUT2D eigenvalue weighted by Gasteiger charge is -2.34. The average Bonchev–Trinajstić information content (AvgIpc) is 1.47. The lowest BCUT2D eigenvalue weighted by atomic mass is 9.45. The molecule has 88 heavy (non-hydrogen) atoms. The lowest BCUT2D eigenvalue weighted by Crippen LogP contribution is -2.55. The number of benzene rings is 12. The summed E-state index contributed by atoms with van der Waals surface area (Å²) in [5.41, 5.74) is 43.9. The molecule has 20 rings (SSSR count). The zero-order valence-electron chi connectivity index (χ0n) is 50.6. The van der Waals surface area contributed by atoms with E-state index in [-0.39, 0.29) is 13.7 Å². The fourth-order valence-electron chi connectivity index (χ4n) is 17.4. The van der Waals surface area contributed by atoms with Crippen LogP contribution in [-0.4, -0.2) is 31.8 Å². The number of hydrogen-bond donors (Lipinski definition) is 0. The maximum absolute atomic E-state index is 2.84. The van der Waals surface area contributed by atoms with Crippen molar-refractivity contribution >= 4 is 112 Å². The molecule has 16 aromatic rings. The van der Waals surface area contributed by atoms with E-state index in [9.17, 15) is 0 Å². The highest BCUT2D eigenvalue weighted by molar-refractivity contribution is 6.92. The second kappa shape index (κ2) is 16.8. The van der Waals surface area contributed by atoms with Gasteiger partial charge in [-0.05, 0) is 192 Å². The molecule has 0 bridgehead atoms. The molecule has 0 saturated carbocycles. The summed E-state index contributed by atoms with van der Waals surface area (Å²) in [4.78, 5) is 0. The van der Waals surface area contributed by atoms with Gasteiger partial charge < -0.3 is 18.1 Å². The smallest absolute Gasteiger partial charge is 0.333 e. The van der Waals surface area contributed by atoms with Gasteiger partial charge in [-0.15, -0.1) is 0 Å². The van der Waals surface area contributed by atoms with Crippen LogP contribution in [0, 0.1) is 55.4 Å². The van der Waals surface area contributed by atoms with Gasteiger partial charge in [0.25, 0.3) is 0 Å². The van der Waals surface area contributed by atoms with E-state index in [0.29, 0.717) is 0 Å². The second-order valence-corrected chi connectivity index (χ2v) is 26.4. The molecule has 6 heteroatoms. The van der Waals surface area contributed by atoms with Gasteiger partial charge in [0.1, 0.15) is 0 Å². The van der Waals surface area contributed by atoms with Crippen LogP contribution in [0.4, 0.5) is 0 Å². The van der Waals surface area contributed by atoms with Gasteiger partial charge in [-0.1, -0.05) is 192 Å². The Labute approximate surface area is 511 Å². The van der Waals surface area contributed by atoms with Crippen LogP contribution in [0.1, 0.15) is 44.5 Å². The number of para-hydroxylation sites is 2. The molecule has 0 spiro atoms. The van der Waals surface area contributed by atoms with Crippen LogP contribution in [0.5, 0.6) is 0 Å². The molecule has 12 aromatic carbocycles. The third kappa shape index (κ3) is 6.08. The molecular weight excluding hydrogens is 1060 g/mol. The standard InChI is InChI=1S/C82H58B2N4/c1-43-15-19-47(5)63(35-43)51-23-31-71-67(39-51)59-29-27-55-57-11-9-13-61-77(57)87(83-69-41-53(65-37-45(3)17-21-49(65)7)25-33-73(69)85(71)79(59)75(55)83)81-62-14-10-12-58-56-28-30-60-68-40-52(64-36-44(2)16-20-48(64)6)24-32-72(68)86-74-34-26-54(66-38-46(4)18-22-50(66)8)42-70(74)84(76(56)80(60)86)88(78(58)62)82(61)81/h9-42H,1-8H3. The highest BCUT2D eigenvalue weighted by atomic mass is 15.1. The number of hydrogen-bond acceptors (Lipinski definition) is 0. The first kappa shape index (κ1) is 48.9. The van der Waals surface area contributed by atoms with Gasteiger partial charge in [0.15, 0.2) is 0 Å². The molecule has 0 N–H and O–H groups in total. The number of rotatable bonds is 4. The van der Waals surface area contributed by atoms with Gasteiger partial charge in [-0.25, -0.2) is 0 Å². The van der Waals surface area contributed by atoms with Crippen molar-refractivity contribution in [2.24, 2.45) is 0 Å². The molecule has 0 fully saturated rings. The van der Waals surface area contributed by atoms with E-state index in [1.807, 2.05) is 0 Å². The second-order valence-electron chi connectivity index (χ2n) is 26.4. The van der Waals surface area contributed by atoms with Crippen molar-refractivity contribution < 1.29 is 0 Å². The predicted molar refractivity (Wildman–Crippen MR) is 375 cm³/mol. The molecule has 0 amide bonds. The number of nitrogens with zero attached hydrogens (tertiary/aromatic N) is 4. The molecule has 4 aliphatic heterocycles. The zero-order valence-corrected chi connectivity index (χ0v) is 50.6. The molecule has 0 saturated heterocycles. The SMILES string of the molecule is Cc1ccc(C)c(-c2ccc3c(c2)B2c4c(ccc5c6cc(-c7cc(C)ccc7C)ccc6n-3c45)-c3cccc4c3n2c2c3cccc5c3n(c42)B2c3cc(-c4cc(C)ccc4C)ccc3-n3c4ccc(-c6cc(C)ccc6C)cc4c4ccc-5c2c43)c1. The fraction of sp³-hybridized carbons (Fsp3) is 0.0976. The van der Waals surface area contributed by atoms with Crippen molar-refractivity contribution in [1.82, 2.24) is 18.1 Å². The van der Waals surface area contributed by atoms with Gasteiger partial charge in [0.2, 0.25) is 0 Å². The van der Waals surface area contributed by atoms with E-state index in [2.05, 4.69) is 280 Å². The Balaban J connectivity index is 0.918. The summed E-state index contributed by atoms with van der Waals surface area (Å²) < 4.78 is 10.9. The summed E-state index contributed by atoms with van der Waals surface area (Å²) in [5.74, 6) is 0. The summed E-state index contributed by atoms with van der Waals surface area (Å²) in [6.07, 6.45) is 0. The van der Waals surface area contributed by atoms with E-state index in [1.165, 1.54) is 221 Å². The summed E-state index contributed by atoms with van der Waals surface area (Å²) in [6.45, 7) is 17.6. The van der Waals surface area contributed by atoms with Crippen molar-refractivity contribution in [2.75, 3.05) is 0 Å². The van der Waals surface area contributed by atoms with Gasteiger partial charge in [0, 0.05) is 65.9 Å². The quantitative estimate of drug-likeness (QED) is 0.157. The van der Waals surface area contributed by atoms with Crippen LogP contribution in [0.15, 0.2) is 206 Å². The van der Waals surface area contributed by atoms with Crippen LogP contribution >= 0.6 is 0 Å². The Bertz CT molecular complexity index is 5630. The minimum atomic E-state index is -0.134. The number of aryl methyl sites for hydroxylation is 8. The largest absolute Gasteiger partial charge is 0.374 e. The normalized spacial score (nSPS) is 13.2. The summed E-state index contributed by atoms with van der Waals surface area (Å²) in [5, 5.41) is 7.76. The Kier molecular flexibility index (Phi) is 9.34. The monoisotopic (exact) mass is 1120 g/mol. The third-order valence-electron chi connectivity index (χ3n) is 21.3. The Morgan fingerprint density at radius 2 is 0.614 bits per heavy atom. The molecular formula is C82H58B2N4. The van der Waals surface area contributed by atoms with Crippen molar-refractivity contribution in [3.05, 3.63) is 251 Å². The van der Waals surface area contributed by atoms with Crippen LogP contribution in [0.3, 0.4) is 0 Å². The van der Waals surface area contributed by atoms with Crippen molar-refractivity contribution in [1.29, 1.82) is 0 Å². The first-order valence-electron chi connectivity index (χ1n) is 31.4. The molecule has 4 nitrogen and oxygen atoms in total. The molecule has 4 aliphatic rings. The number of aromatic nitrogens is 4. The van der Waals surface area contributed by atoms with Crippen LogP contribution in [-0.2, 0) is 0 Å². The lowest BCUT2D eigenvalue weighted by molar-refractivity contribution is 1.18. The topological polar surface area (TPSA) is 19.7 Å². The van der Waals surface area contributed by atoms with E-state index in [0.717, 1.165) is 0 Å². The first-order valence-corrected chi connectivity index (χ1v) is 31.4. The highest BCUT2D eigenvalue weighted by Crippen LogP contribution is 2.51. The first-order chi connectivity index (χ1) is 42.9. The molecule has 4 aromatic heterocycles. The summed E-state index contributed by atoms with van der Waals surface area (Å²) >= 11 is 0. The fourth-order valence-corrected chi connectivity index (χ4v) is 17.4. The Hall–Kier alpha value is -10.3. The molecule has 0 radical (unpaired) electrons. The molecule has 0 atom stereocenters. The predicted octanol–water partition coefficient (Wildman–Crippen LogP) is 18.0. The van der Waals surface area contributed by atoms with E-state index in [4.69, 9.17) is 0 Å². The van der Waals surface area contributed by atoms with E-state index < -0.39 is 0 Å². The summed E-state index contributed by atoms with van der Waals surface area (Å²) in [6, 6.07) is 81.1. The van der Waals surface area contributed by atoms with Crippen molar-refractivity contribution in [3.63, 3.8) is 0 Å². The van der Waals surface area contributed by atoms with Crippen LogP contribution in [0.25, 0.3) is 155 Å². The van der Waals surface area contributed by atoms with E-state index >= 15 is 0 Å². The van der Waals surface area contributed by atoms with Gasteiger partial charge >= 0.3 is 13.7 Å². The van der Waals surface area contributed by atoms with Crippen LogP contribution < -0.4 is 21.9 Å². The Morgan fingerprint density at radius 3 is 1.00 bits per heavy atom.